The third kappa shape index (κ3) is 3.02. The first-order valence-electron chi connectivity index (χ1n) is 3.31. The minimum atomic E-state index is -0.269. The van der Waals surface area contributed by atoms with Crippen molar-refractivity contribution >= 4 is 11.8 Å². The second-order valence-corrected chi connectivity index (χ2v) is 1.99. The summed E-state index contributed by atoms with van der Waals surface area (Å²) < 4.78 is 0. The number of carbonyl (C=O) groups excluding carboxylic acids is 2. The lowest BCUT2D eigenvalue weighted by molar-refractivity contribution is -0.124. The molecule has 64 valence electrons. The highest BCUT2D eigenvalue weighted by Crippen LogP contribution is 1.90. The Bertz CT molecular complexity index is 224. The summed E-state index contributed by atoms with van der Waals surface area (Å²) in [4.78, 5) is 24.4. The molecule has 2 rings (SSSR count). The van der Waals surface area contributed by atoms with Crippen LogP contribution in [0.2, 0.25) is 0 Å². The van der Waals surface area contributed by atoms with Crippen LogP contribution < -0.4 is 5.48 Å². The third-order valence-electron chi connectivity index (χ3n) is 1.06. The van der Waals surface area contributed by atoms with Crippen molar-refractivity contribution in [2.75, 3.05) is 6.61 Å². The minimum absolute atomic E-state index is 0.0185. The molecular weight excluding hydrogens is 162 g/mol. The Morgan fingerprint density at radius 1 is 1.50 bits per heavy atom. The molecule has 6 heteroatoms. The van der Waals surface area contributed by atoms with Gasteiger partial charge in [-0.25, -0.2) is 5.48 Å². The summed E-state index contributed by atoms with van der Waals surface area (Å²) in [7, 11) is 0. The first-order valence-corrected chi connectivity index (χ1v) is 3.31. The molecule has 1 N–H and O–H groups in total. The Morgan fingerprint density at radius 2 is 2.33 bits per heavy atom. The van der Waals surface area contributed by atoms with Gasteiger partial charge in [-0.1, -0.05) is 0 Å². The Morgan fingerprint density at radius 3 is 2.50 bits per heavy atom. The third-order valence-corrected chi connectivity index (χ3v) is 1.06. The molecule has 0 aromatic carbocycles. The number of rotatable bonds is 0. The van der Waals surface area contributed by atoms with Gasteiger partial charge in [-0.05, 0) is 0 Å². The molecule has 2 heterocycles. The van der Waals surface area contributed by atoms with Crippen LogP contribution >= 0.6 is 0 Å². The summed E-state index contributed by atoms with van der Waals surface area (Å²) in [5.74, 6) is -0.287. The lowest BCUT2D eigenvalue weighted by Gasteiger charge is -1.81. The number of hydroxylamine groups is 1. The Balaban J connectivity index is 0.000000120. The average molecular weight is 169 g/mol. The van der Waals surface area contributed by atoms with Gasteiger partial charge in [0.2, 0.25) is 5.91 Å². The topological polar surface area (TPSA) is 80.1 Å². The molecule has 0 unspecified atom stereocenters. The SMILES string of the molecule is O=C1C=CN=N1.O=C1CCON1. The number of azo groups is 1. The maximum Gasteiger partial charge on any atom is 0.289 e. The number of hydrogen-bond acceptors (Lipinski definition) is 4. The van der Waals surface area contributed by atoms with E-state index < -0.39 is 0 Å². The summed E-state index contributed by atoms with van der Waals surface area (Å²) in [6.07, 6.45) is 3.18. The number of nitrogens with one attached hydrogen (secondary N) is 1. The van der Waals surface area contributed by atoms with Crippen LogP contribution in [0.5, 0.6) is 0 Å². The predicted molar refractivity (Wildman–Crippen MR) is 37.7 cm³/mol. The van der Waals surface area contributed by atoms with Crippen molar-refractivity contribution in [3.63, 3.8) is 0 Å². The lowest BCUT2D eigenvalue weighted by Crippen LogP contribution is -2.10. The number of amides is 2. The smallest absolute Gasteiger partial charge is 0.273 e. The van der Waals surface area contributed by atoms with Crippen molar-refractivity contribution in [2.24, 2.45) is 10.2 Å². The van der Waals surface area contributed by atoms with Crippen LogP contribution in [0.3, 0.4) is 0 Å². The highest BCUT2D eigenvalue weighted by Gasteiger charge is 2.06. The van der Waals surface area contributed by atoms with E-state index in [1.807, 2.05) is 0 Å². The fraction of sp³-hybridized carbons (Fsp3) is 0.333. The van der Waals surface area contributed by atoms with Crippen molar-refractivity contribution in [3.8, 4) is 0 Å². The zero-order chi connectivity index (χ0) is 8.81. The monoisotopic (exact) mass is 169 g/mol. The van der Waals surface area contributed by atoms with Crippen molar-refractivity contribution in [2.45, 2.75) is 6.42 Å². The molecule has 0 atom stereocenters. The van der Waals surface area contributed by atoms with Gasteiger partial charge in [0.15, 0.2) is 0 Å². The van der Waals surface area contributed by atoms with Gasteiger partial charge in [0.25, 0.3) is 5.91 Å². The normalized spacial score (nSPS) is 19.0. The molecule has 0 radical (unpaired) electrons. The van der Waals surface area contributed by atoms with Gasteiger partial charge >= 0.3 is 0 Å². The second-order valence-electron chi connectivity index (χ2n) is 1.99. The fourth-order valence-electron chi connectivity index (χ4n) is 0.547. The molecule has 0 aromatic rings. The molecule has 0 saturated carbocycles. The highest BCUT2D eigenvalue weighted by molar-refractivity contribution is 5.89. The maximum atomic E-state index is 10.0. The van der Waals surface area contributed by atoms with Crippen LogP contribution in [0.1, 0.15) is 6.42 Å². The van der Waals surface area contributed by atoms with Crippen LogP contribution in [-0.2, 0) is 14.4 Å². The van der Waals surface area contributed by atoms with E-state index >= 15 is 0 Å². The molecule has 1 saturated heterocycles. The van der Waals surface area contributed by atoms with Gasteiger partial charge in [0.05, 0.1) is 19.2 Å². The van der Waals surface area contributed by atoms with Crippen LogP contribution in [0, 0.1) is 0 Å². The van der Waals surface area contributed by atoms with Crippen LogP contribution in [-0.4, -0.2) is 18.4 Å². The maximum absolute atomic E-state index is 10.0. The zero-order valence-electron chi connectivity index (χ0n) is 6.19. The largest absolute Gasteiger partial charge is 0.289 e. The Hall–Kier alpha value is -1.56. The molecule has 2 aliphatic rings. The van der Waals surface area contributed by atoms with Crippen molar-refractivity contribution in [3.05, 3.63) is 12.3 Å². The summed E-state index contributed by atoms with van der Waals surface area (Å²) in [6.45, 7) is 0.527. The van der Waals surface area contributed by atoms with E-state index in [4.69, 9.17) is 0 Å². The number of nitrogens with zero attached hydrogens (tertiary/aromatic N) is 2. The lowest BCUT2D eigenvalue weighted by atomic mass is 10.5. The summed E-state index contributed by atoms with van der Waals surface area (Å²) in [5.41, 5.74) is 2.18. The minimum Gasteiger partial charge on any atom is -0.273 e. The van der Waals surface area contributed by atoms with E-state index in [1.165, 1.54) is 12.3 Å². The fourth-order valence-corrected chi connectivity index (χ4v) is 0.547. The van der Waals surface area contributed by atoms with Crippen LogP contribution in [0.4, 0.5) is 0 Å². The van der Waals surface area contributed by atoms with Crippen molar-refractivity contribution < 1.29 is 14.4 Å². The molecule has 2 amide bonds. The molecular formula is C6H7N3O3. The second kappa shape index (κ2) is 4.35. The van der Waals surface area contributed by atoms with E-state index in [0.717, 1.165) is 0 Å². The first-order chi connectivity index (χ1) is 5.79. The Kier molecular flexibility index (Phi) is 3.09. The Labute approximate surface area is 68.3 Å². The molecule has 0 aliphatic carbocycles. The van der Waals surface area contributed by atoms with E-state index in [2.05, 4.69) is 20.5 Å². The van der Waals surface area contributed by atoms with Gasteiger partial charge < -0.3 is 0 Å². The highest BCUT2D eigenvalue weighted by atomic mass is 16.7. The summed E-state index contributed by atoms with van der Waals surface area (Å²) in [6, 6.07) is 0. The van der Waals surface area contributed by atoms with Crippen molar-refractivity contribution in [1.82, 2.24) is 5.48 Å². The first kappa shape index (κ1) is 8.54. The summed E-state index contributed by atoms with van der Waals surface area (Å²) in [5, 5.41) is 6.37. The summed E-state index contributed by atoms with van der Waals surface area (Å²) >= 11 is 0. The molecule has 1 fully saturated rings. The van der Waals surface area contributed by atoms with Crippen LogP contribution in [0.15, 0.2) is 22.5 Å². The molecule has 0 spiro atoms. The number of carbonyl (C=O) groups is 2. The molecule has 2 aliphatic heterocycles. The molecule has 6 nitrogen and oxygen atoms in total. The standard InChI is InChI=1S/C3H2N2O.C3H5NO2/c6-3-1-2-4-5-3;5-3-1-2-6-4-3/h1-2H;1-2H2,(H,4,5). The quantitative estimate of drug-likeness (QED) is 0.551. The molecule has 0 bridgehead atoms. The zero-order valence-corrected chi connectivity index (χ0v) is 6.19. The molecule has 0 aromatic heterocycles. The van der Waals surface area contributed by atoms with Crippen molar-refractivity contribution in [1.29, 1.82) is 0 Å². The van der Waals surface area contributed by atoms with Gasteiger partial charge in [-0.2, -0.15) is 5.11 Å². The van der Waals surface area contributed by atoms with Crippen LogP contribution in [0.25, 0.3) is 0 Å². The van der Waals surface area contributed by atoms with Gasteiger partial charge in [0.1, 0.15) is 0 Å². The van der Waals surface area contributed by atoms with E-state index in [1.54, 1.807) is 0 Å². The van der Waals surface area contributed by atoms with E-state index in [-0.39, 0.29) is 11.8 Å². The average Bonchev–Trinajstić information content (AvgIpc) is 2.63. The molecule has 12 heavy (non-hydrogen) atoms. The predicted octanol–water partition coefficient (Wildman–Crippen LogP) is -0.0696. The van der Waals surface area contributed by atoms with Gasteiger partial charge in [0, 0.05) is 6.08 Å². The van der Waals surface area contributed by atoms with Gasteiger partial charge in [-0.15, -0.1) is 5.11 Å². The number of hydrogen-bond donors (Lipinski definition) is 1. The van der Waals surface area contributed by atoms with E-state index in [0.29, 0.717) is 13.0 Å². The van der Waals surface area contributed by atoms with Gasteiger partial charge in [-0.3, -0.25) is 14.4 Å². The van der Waals surface area contributed by atoms with E-state index in [9.17, 15) is 9.59 Å².